The fourth-order valence-electron chi connectivity index (χ4n) is 3.34. The Balaban J connectivity index is 1.39. The average Bonchev–Trinajstić information content (AvgIpc) is 2.83. The molecule has 0 aliphatic carbocycles. The van der Waals surface area contributed by atoms with Gasteiger partial charge in [-0.1, -0.05) is 91.0 Å². The first kappa shape index (κ1) is 20.4. The summed E-state index contributed by atoms with van der Waals surface area (Å²) in [7, 11) is 0. The molecule has 0 saturated heterocycles. The van der Waals surface area contributed by atoms with Crippen LogP contribution in [0.2, 0.25) is 0 Å². The van der Waals surface area contributed by atoms with Gasteiger partial charge in [0.1, 0.15) is 24.5 Å². The van der Waals surface area contributed by atoms with Crippen LogP contribution in [-0.4, -0.2) is 5.97 Å². The molecule has 0 radical (unpaired) electrons. The molecule has 3 heteroatoms. The molecular formula is C28H24O3. The maximum Gasteiger partial charge on any atom is 0.342 e. The van der Waals surface area contributed by atoms with E-state index < -0.39 is 5.97 Å². The largest absolute Gasteiger partial charge is 0.488 e. The Morgan fingerprint density at radius 3 is 2.10 bits per heavy atom. The van der Waals surface area contributed by atoms with Gasteiger partial charge in [-0.25, -0.2) is 4.79 Å². The number of rotatable bonds is 7. The van der Waals surface area contributed by atoms with Crippen LogP contribution in [0.5, 0.6) is 5.75 Å². The fraction of sp³-hybridized carbons (Fsp3) is 0.107. The number of hydrogen-bond donors (Lipinski definition) is 0. The number of carbonyl (C=O) groups excluding carboxylic acids is 1. The molecule has 0 atom stereocenters. The highest BCUT2D eigenvalue weighted by Gasteiger charge is 2.14. The summed E-state index contributed by atoms with van der Waals surface area (Å²) in [5.74, 6) is 0.127. The summed E-state index contributed by atoms with van der Waals surface area (Å²) in [5.41, 5.74) is 5.89. The van der Waals surface area contributed by atoms with Gasteiger partial charge in [0.2, 0.25) is 0 Å². The predicted molar refractivity (Wildman–Crippen MR) is 123 cm³/mol. The highest BCUT2D eigenvalue weighted by atomic mass is 16.5. The van der Waals surface area contributed by atoms with Crippen LogP contribution in [0.4, 0.5) is 0 Å². The lowest BCUT2D eigenvalue weighted by atomic mass is 10.0. The Kier molecular flexibility index (Phi) is 6.44. The third kappa shape index (κ3) is 5.20. The van der Waals surface area contributed by atoms with Gasteiger partial charge in [-0.2, -0.15) is 0 Å². The molecule has 0 spiro atoms. The Labute approximate surface area is 182 Å². The zero-order valence-corrected chi connectivity index (χ0v) is 17.5. The monoisotopic (exact) mass is 408 g/mol. The fourth-order valence-corrected chi connectivity index (χ4v) is 3.34. The number of esters is 1. The third-order valence-corrected chi connectivity index (χ3v) is 5.18. The molecule has 0 aliphatic rings. The van der Waals surface area contributed by atoms with Crippen LogP contribution in [0.25, 0.3) is 11.1 Å². The molecule has 0 N–H and O–H groups in total. The van der Waals surface area contributed by atoms with Gasteiger partial charge in [0, 0.05) is 0 Å². The molecule has 0 amide bonds. The van der Waals surface area contributed by atoms with Gasteiger partial charge in [0.15, 0.2) is 0 Å². The Morgan fingerprint density at radius 1 is 0.677 bits per heavy atom. The molecule has 154 valence electrons. The normalized spacial score (nSPS) is 10.5. The minimum atomic E-state index is -0.396. The van der Waals surface area contributed by atoms with Gasteiger partial charge in [-0.15, -0.1) is 0 Å². The number of hydrogen-bond acceptors (Lipinski definition) is 3. The van der Waals surface area contributed by atoms with Gasteiger partial charge in [0.05, 0.1) is 0 Å². The quantitative estimate of drug-likeness (QED) is 0.323. The topological polar surface area (TPSA) is 35.5 Å². The summed E-state index contributed by atoms with van der Waals surface area (Å²) in [6.45, 7) is 2.65. The van der Waals surface area contributed by atoms with Gasteiger partial charge in [-0.05, 0) is 46.9 Å². The molecule has 4 aromatic carbocycles. The zero-order valence-electron chi connectivity index (χ0n) is 17.5. The molecule has 31 heavy (non-hydrogen) atoms. The van der Waals surface area contributed by atoms with Crippen molar-refractivity contribution in [3.63, 3.8) is 0 Å². The van der Waals surface area contributed by atoms with E-state index in [4.69, 9.17) is 9.47 Å². The molecule has 0 aliphatic heterocycles. The molecule has 4 rings (SSSR count). The van der Waals surface area contributed by atoms with Crippen molar-refractivity contribution in [3.8, 4) is 16.9 Å². The number of benzene rings is 4. The van der Waals surface area contributed by atoms with Gasteiger partial charge in [0.25, 0.3) is 0 Å². The van der Waals surface area contributed by atoms with Crippen LogP contribution in [0.1, 0.15) is 27.0 Å². The molecule has 0 heterocycles. The molecule has 4 aromatic rings. The smallest absolute Gasteiger partial charge is 0.342 e. The second-order valence-corrected chi connectivity index (χ2v) is 7.35. The second-order valence-electron chi connectivity index (χ2n) is 7.35. The van der Waals surface area contributed by atoms with Crippen molar-refractivity contribution in [3.05, 3.63) is 125 Å². The first-order chi connectivity index (χ1) is 15.2. The van der Waals surface area contributed by atoms with E-state index in [9.17, 15) is 4.79 Å². The SMILES string of the molecule is Cc1ccccc1COc1ccccc1C(=O)OCc1ccc(-c2ccccc2)cc1. The van der Waals surface area contributed by atoms with Crippen molar-refractivity contribution in [1.29, 1.82) is 0 Å². The van der Waals surface area contributed by atoms with Crippen molar-refractivity contribution >= 4 is 5.97 Å². The molecule has 0 unspecified atom stereocenters. The van der Waals surface area contributed by atoms with Gasteiger partial charge < -0.3 is 9.47 Å². The van der Waals surface area contributed by atoms with E-state index in [2.05, 4.69) is 12.1 Å². The van der Waals surface area contributed by atoms with Crippen molar-refractivity contribution in [2.24, 2.45) is 0 Å². The van der Waals surface area contributed by atoms with Crippen molar-refractivity contribution < 1.29 is 14.3 Å². The second kappa shape index (κ2) is 9.77. The highest BCUT2D eigenvalue weighted by molar-refractivity contribution is 5.92. The zero-order chi connectivity index (χ0) is 21.5. The van der Waals surface area contributed by atoms with Gasteiger partial charge in [-0.3, -0.25) is 0 Å². The first-order valence-electron chi connectivity index (χ1n) is 10.3. The Hall–Kier alpha value is -3.85. The number of aryl methyl sites for hydroxylation is 1. The molecular weight excluding hydrogens is 384 g/mol. The van der Waals surface area contributed by atoms with Crippen LogP contribution in [0.15, 0.2) is 103 Å². The van der Waals surface area contributed by atoms with Crippen LogP contribution < -0.4 is 4.74 Å². The van der Waals surface area contributed by atoms with Crippen molar-refractivity contribution in [2.45, 2.75) is 20.1 Å². The summed E-state index contributed by atoms with van der Waals surface area (Å²) in [5, 5.41) is 0. The standard InChI is InChI=1S/C28H24O3/c1-21-9-5-6-12-25(21)20-30-27-14-8-7-13-26(27)28(29)31-19-22-15-17-24(18-16-22)23-10-3-2-4-11-23/h2-18H,19-20H2,1H3. The van der Waals surface area contributed by atoms with E-state index in [-0.39, 0.29) is 6.61 Å². The Morgan fingerprint density at radius 2 is 1.32 bits per heavy atom. The molecule has 0 aromatic heterocycles. The molecule has 3 nitrogen and oxygen atoms in total. The maximum atomic E-state index is 12.7. The average molecular weight is 408 g/mol. The molecule has 0 fully saturated rings. The first-order valence-corrected chi connectivity index (χ1v) is 10.3. The van der Waals surface area contributed by atoms with Crippen LogP contribution >= 0.6 is 0 Å². The van der Waals surface area contributed by atoms with Crippen LogP contribution in [0.3, 0.4) is 0 Å². The summed E-state index contributed by atoms with van der Waals surface area (Å²) in [4.78, 5) is 12.7. The minimum Gasteiger partial charge on any atom is -0.488 e. The van der Waals surface area contributed by atoms with E-state index in [1.165, 1.54) is 0 Å². The predicted octanol–water partition coefficient (Wildman–Crippen LogP) is 6.60. The van der Waals surface area contributed by atoms with Crippen molar-refractivity contribution in [2.75, 3.05) is 0 Å². The summed E-state index contributed by atoms with van der Waals surface area (Å²) in [6, 6.07) is 33.5. The van der Waals surface area contributed by atoms with E-state index >= 15 is 0 Å². The van der Waals surface area contributed by atoms with E-state index in [0.29, 0.717) is 17.9 Å². The number of carbonyl (C=O) groups is 1. The summed E-state index contributed by atoms with van der Waals surface area (Å²) in [6.07, 6.45) is 0. The molecule has 0 saturated carbocycles. The lowest BCUT2D eigenvalue weighted by Gasteiger charge is -2.12. The van der Waals surface area contributed by atoms with E-state index in [1.807, 2.05) is 85.8 Å². The Bertz CT molecular complexity index is 1150. The number of ether oxygens (including phenoxy) is 2. The van der Waals surface area contributed by atoms with Crippen molar-refractivity contribution in [1.82, 2.24) is 0 Å². The molecule has 0 bridgehead atoms. The van der Waals surface area contributed by atoms with E-state index in [0.717, 1.165) is 27.8 Å². The third-order valence-electron chi connectivity index (χ3n) is 5.18. The summed E-state index contributed by atoms with van der Waals surface area (Å²) < 4.78 is 11.5. The maximum absolute atomic E-state index is 12.7. The van der Waals surface area contributed by atoms with Crippen LogP contribution in [-0.2, 0) is 18.0 Å². The summed E-state index contributed by atoms with van der Waals surface area (Å²) >= 11 is 0. The number of para-hydroxylation sites is 1. The lowest BCUT2D eigenvalue weighted by Crippen LogP contribution is -2.08. The van der Waals surface area contributed by atoms with Crippen LogP contribution in [0, 0.1) is 6.92 Å². The van der Waals surface area contributed by atoms with Gasteiger partial charge >= 0.3 is 5.97 Å². The lowest BCUT2D eigenvalue weighted by molar-refractivity contribution is 0.0467. The highest BCUT2D eigenvalue weighted by Crippen LogP contribution is 2.23. The van der Waals surface area contributed by atoms with E-state index in [1.54, 1.807) is 12.1 Å². The minimum absolute atomic E-state index is 0.208.